The lowest BCUT2D eigenvalue weighted by molar-refractivity contribution is -0.385. The molecule has 1 heterocycles. The van der Waals surface area contributed by atoms with Crippen LogP contribution in [0.4, 0.5) is 5.69 Å². The summed E-state index contributed by atoms with van der Waals surface area (Å²) in [4.78, 5) is 25.6. The van der Waals surface area contributed by atoms with Crippen molar-refractivity contribution in [1.82, 2.24) is 4.98 Å². The lowest BCUT2D eigenvalue weighted by Gasteiger charge is -2.07. The maximum Gasteiger partial charge on any atom is 0.288 e. The van der Waals surface area contributed by atoms with E-state index >= 15 is 0 Å². The molecule has 3 rings (SSSR count). The summed E-state index contributed by atoms with van der Waals surface area (Å²) in [7, 11) is 0. The number of hydrogen-bond acceptors (Lipinski definition) is 5. The quantitative estimate of drug-likeness (QED) is 0.624. The van der Waals surface area contributed by atoms with Crippen LogP contribution in [0.2, 0.25) is 0 Å². The van der Waals surface area contributed by atoms with Gasteiger partial charge in [0.25, 0.3) is 5.69 Å². The van der Waals surface area contributed by atoms with Crippen LogP contribution in [0, 0.1) is 10.1 Å². The van der Waals surface area contributed by atoms with Crippen LogP contribution in [0.1, 0.15) is 22.3 Å². The van der Waals surface area contributed by atoms with Crippen LogP contribution in [0.25, 0.3) is 0 Å². The van der Waals surface area contributed by atoms with E-state index in [0.717, 1.165) is 17.3 Å². The van der Waals surface area contributed by atoms with Crippen LogP contribution in [0.15, 0.2) is 34.9 Å². The van der Waals surface area contributed by atoms with Gasteiger partial charge >= 0.3 is 0 Å². The molecule has 0 unspecified atom stereocenters. The molecule has 0 N–H and O–H groups in total. The number of carbonyl (C=O) groups excluding carboxylic acids is 1. The SMILES string of the molecule is O=C1CCc2cc(Oc3ncc([N+](=O)[O-])cc3Br)ccc21. The van der Waals surface area contributed by atoms with Gasteiger partial charge in [0.05, 0.1) is 9.40 Å². The summed E-state index contributed by atoms with van der Waals surface area (Å²) >= 11 is 3.20. The Bertz CT molecular complexity index is 761. The number of Topliss-reactive ketones (excluding diaryl/α,β-unsaturated/α-hetero) is 1. The summed E-state index contributed by atoms with van der Waals surface area (Å²) in [6.45, 7) is 0. The molecule has 6 nitrogen and oxygen atoms in total. The van der Waals surface area contributed by atoms with Gasteiger partial charge in [0.15, 0.2) is 5.78 Å². The Hall–Kier alpha value is -2.28. The van der Waals surface area contributed by atoms with Gasteiger partial charge < -0.3 is 4.74 Å². The second-order valence-corrected chi connectivity index (χ2v) is 5.44. The molecule has 0 fully saturated rings. The lowest BCUT2D eigenvalue weighted by Crippen LogP contribution is -1.95. The topological polar surface area (TPSA) is 82.3 Å². The Morgan fingerprint density at radius 1 is 1.29 bits per heavy atom. The van der Waals surface area contributed by atoms with Crippen molar-refractivity contribution in [2.45, 2.75) is 12.8 Å². The molecule has 1 aliphatic rings. The normalized spacial score (nSPS) is 13.1. The second kappa shape index (κ2) is 5.25. The Balaban J connectivity index is 1.87. The molecule has 7 heteroatoms. The van der Waals surface area contributed by atoms with Crippen LogP contribution in [-0.4, -0.2) is 15.7 Å². The summed E-state index contributed by atoms with van der Waals surface area (Å²) < 4.78 is 6.01. The van der Waals surface area contributed by atoms with Crippen LogP contribution >= 0.6 is 15.9 Å². The predicted molar refractivity (Wildman–Crippen MR) is 77.8 cm³/mol. The molecular formula is C14H9BrN2O4. The van der Waals surface area contributed by atoms with E-state index in [4.69, 9.17) is 4.74 Å². The summed E-state index contributed by atoms with van der Waals surface area (Å²) in [6, 6.07) is 6.56. The van der Waals surface area contributed by atoms with Crippen molar-refractivity contribution in [3.63, 3.8) is 0 Å². The molecule has 0 spiro atoms. The monoisotopic (exact) mass is 348 g/mol. The first kappa shape index (κ1) is 13.7. The first-order valence-corrected chi connectivity index (χ1v) is 6.98. The van der Waals surface area contributed by atoms with Crippen LogP contribution in [-0.2, 0) is 6.42 Å². The first-order chi connectivity index (χ1) is 10.0. The van der Waals surface area contributed by atoms with Gasteiger partial charge in [-0.3, -0.25) is 14.9 Å². The van der Waals surface area contributed by atoms with Crippen molar-refractivity contribution in [3.05, 3.63) is 56.2 Å². The highest BCUT2D eigenvalue weighted by atomic mass is 79.9. The summed E-state index contributed by atoms with van der Waals surface area (Å²) in [5.41, 5.74) is 1.57. The van der Waals surface area contributed by atoms with Gasteiger partial charge in [-0.25, -0.2) is 4.98 Å². The van der Waals surface area contributed by atoms with E-state index in [1.54, 1.807) is 18.2 Å². The second-order valence-electron chi connectivity index (χ2n) is 4.58. The number of fused-ring (bicyclic) bond motifs is 1. The molecule has 0 amide bonds. The fourth-order valence-electron chi connectivity index (χ4n) is 2.20. The number of halogens is 1. The minimum Gasteiger partial charge on any atom is -0.438 e. The number of hydrogen-bond donors (Lipinski definition) is 0. The third kappa shape index (κ3) is 2.64. The van der Waals surface area contributed by atoms with Crippen molar-refractivity contribution in [1.29, 1.82) is 0 Å². The minimum absolute atomic E-state index is 0.117. The Morgan fingerprint density at radius 2 is 2.10 bits per heavy atom. The third-order valence-corrected chi connectivity index (χ3v) is 3.78. The number of aryl methyl sites for hydroxylation is 1. The number of carbonyl (C=O) groups is 1. The van der Waals surface area contributed by atoms with Gasteiger partial charge in [-0.1, -0.05) is 0 Å². The molecule has 21 heavy (non-hydrogen) atoms. The van der Waals surface area contributed by atoms with E-state index in [9.17, 15) is 14.9 Å². The smallest absolute Gasteiger partial charge is 0.288 e. The van der Waals surface area contributed by atoms with Gasteiger partial charge in [0, 0.05) is 18.1 Å². The zero-order valence-electron chi connectivity index (χ0n) is 10.7. The van der Waals surface area contributed by atoms with Crippen LogP contribution in [0.3, 0.4) is 0 Å². The number of ether oxygens (including phenoxy) is 1. The van der Waals surface area contributed by atoms with Gasteiger partial charge in [-0.15, -0.1) is 0 Å². The minimum atomic E-state index is -0.525. The largest absolute Gasteiger partial charge is 0.438 e. The first-order valence-electron chi connectivity index (χ1n) is 6.18. The molecule has 1 aromatic heterocycles. The summed E-state index contributed by atoms with van der Waals surface area (Å²) in [5, 5.41) is 10.7. The molecular weight excluding hydrogens is 340 g/mol. The van der Waals surface area contributed by atoms with Crippen molar-refractivity contribution in [2.24, 2.45) is 0 Å². The van der Waals surface area contributed by atoms with E-state index in [1.165, 1.54) is 6.07 Å². The van der Waals surface area contributed by atoms with E-state index in [2.05, 4.69) is 20.9 Å². The van der Waals surface area contributed by atoms with Gasteiger partial charge in [-0.05, 0) is 46.1 Å². The molecule has 0 atom stereocenters. The number of pyridine rings is 1. The van der Waals surface area contributed by atoms with E-state index in [1.807, 2.05) is 0 Å². The van der Waals surface area contributed by atoms with Crippen molar-refractivity contribution in [3.8, 4) is 11.6 Å². The van der Waals surface area contributed by atoms with Gasteiger partial charge in [0.2, 0.25) is 5.88 Å². The average Bonchev–Trinajstić information content (AvgIpc) is 2.82. The predicted octanol–water partition coefficient (Wildman–Crippen LogP) is 3.67. The molecule has 0 radical (unpaired) electrons. The Kier molecular flexibility index (Phi) is 3.42. The lowest BCUT2D eigenvalue weighted by atomic mass is 10.1. The number of aromatic nitrogens is 1. The number of nitro groups is 1. The van der Waals surface area contributed by atoms with Gasteiger partial charge in [-0.2, -0.15) is 0 Å². The van der Waals surface area contributed by atoms with E-state index in [0.29, 0.717) is 23.1 Å². The molecule has 2 aromatic rings. The van der Waals surface area contributed by atoms with Crippen molar-refractivity contribution < 1.29 is 14.5 Å². The molecule has 0 saturated heterocycles. The number of rotatable bonds is 3. The molecule has 1 aliphatic carbocycles. The van der Waals surface area contributed by atoms with Gasteiger partial charge in [0.1, 0.15) is 11.9 Å². The van der Waals surface area contributed by atoms with Crippen LogP contribution in [0.5, 0.6) is 11.6 Å². The Morgan fingerprint density at radius 3 is 2.81 bits per heavy atom. The third-order valence-electron chi connectivity index (χ3n) is 3.22. The standard InChI is InChI=1S/C14H9BrN2O4/c15-12-6-9(17(19)20)7-16-14(12)21-10-2-3-11-8(5-10)1-4-13(11)18/h2-3,5-7H,1,4H2. The van der Waals surface area contributed by atoms with Crippen LogP contribution < -0.4 is 4.74 Å². The summed E-state index contributed by atoms with van der Waals surface area (Å²) in [5.74, 6) is 0.932. The Labute approximate surface area is 128 Å². The van der Waals surface area contributed by atoms with E-state index < -0.39 is 4.92 Å². The number of nitrogens with zero attached hydrogens (tertiary/aromatic N) is 2. The fraction of sp³-hybridized carbons (Fsp3) is 0.143. The maximum atomic E-state index is 11.6. The highest BCUT2D eigenvalue weighted by Gasteiger charge is 2.20. The van der Waals surface area contributed by atoms with Crippen molar-refractivity contribution >= 4 is 27.4 Å². The zero-order valence-corrected chi connectivity index (χ0v) is 12.3. The number of benzene rings is 1. The van der Waals surface area contributed by atoms with E-state index in [-0.39, 0.29) is 17.4 Å². The molecule has 0 bridgehead atoms. The highest BCUT2D eigenvalue weighted by molar-refractivity contribution is 9.10. The molecule has 0 saturated carbocycles. The highest BCUT2D eigenvalue weighted by Crippen LogP contribution is 2.32. The fourth-order valence-corrected chi connectivity index (χ4v) is 2.62. The van der Waals surface area contributed by atoms with Crippen molar-refractivity contribution in [2.75, 3.05) is 0 Å². The molecule has 106 valence electrons. The number of ketones is 1. The zero-order chi connectivity index (χ0) is 15.0. The molecule has 0 aliphatic heterocycles. The molecule has 1 aromatic carbocycles. The maximum absolute atomic E-state index is 11.6. The average molecular weight is 349 g/mol. The summed E-state index contributed by atoms with van der Waals surface area (Å²) in [6.07, 6.45) is 2.37.